The van der Waals surface area contributed by atoms with Gasteiger partial charge >= 0.3 is 0 Å². The van der Waals surface area contributed by atoms with Crippen molar-refractivity contribution < 1.29 is 4.74 Å². The van der Waals surface area contributed by atoms with Crippen LogP contribution in [0.5, 0.6) is 5.75 Å². The molecule has 2 heteroatoms. The van der Waals surface area contributed by atoms with Crippen LogP contribution in [-0.4, -0.2) is 6.10 Å². The number of rotatable bonds is 3. The summed E-state index contributed by atoms with van der Waals surface area (Å²) in [6, 6.07) is 7.55. The van der Waals surface area contributed by atoms with Gasteiger partial charge in [0.1, 0.15) is 11.8 Å². The monoisotopic (exact) mass is 187 g/mol. The fraction of sp³-hybridized carbons (Fsp3) is 0.250. The molecular formula is C12H13NO. The molecule has 1 rings (SSSR count). The molecule has 0 aliphatic rings. The van der Waals surface area contributed by atoms with Gasteiger partial charge in [0.2, 0.25) is 0 Å². The topological polar surface area (TPSA) is 33.0 Å². The molecule has 0 saturated carbocycles. The number of nitrogens with zero attached hydrogens (tertiary/aromatic N) is 1. The molecule has 0 aromatic heterocycles. The highest BCUT2D eigenvalue weighted by molar-refractivity contribution is 5.61. The maximum absolute atomic E-state index is 8.89. The van der Waals surface area contributed by atoms with E-state index in [1.807, 2.05) is 26.0 Å². The third-order valence-corrected chi connectivity index (χ3v) is 1.74. The van der Waals surface area contributed by atoms with Gasteiger partial charge in [0.25, 0.3) is 0 Å². The number of benzene rings is 1. The van der Waals surface area contributed by atoms with Crippen LogP contribution >= 0.6 is 0 Å². The van der Waals surface area contributed by atoms with Crippen molar-refractivity contribution in [2.45, 2.75) is 20.0 Å². The summed E-state index contributed by atoms with van der Waals surface area (Å²) in [4.78, 5) is 0. The van der Waals surface area contributed by atoms with Gasteiger partial charge in [-0.3, -0.25) is 0 Å². The Morgan fingerprint density at radius 2 is 2.21 bits per heavy atom. The Balaban J connectivity index is 3.20. The van der Waals surface area contributed by atoms with E-state index in [9.17, 15) is 0 Å². The molecule has 0 saturated heterocycles. The average molecular weight is 187 g/mol. The van der Waals surface area contributed by atoms with E-state index in [4.69, 9.17) is 10.00 Å². The molecule has 0 spiro atoms. The van der Waals surface area contributed by atoms with E-state index in [0.717, 1.165) is 5.56 Å². The van der Waals surface area contributed by atoms with Crippen molar-refractivity contribution in [2.24, 2.45) is 0 Å². The molecule has 0 aliphatic carbocycles. The van der Waals surface area contributed by atoms with Crippen LogP contribution in [0, 0.1) is 11.3 Å². The molecular weight excluding hydrogens is 174 g/mol. The van der Waals surface area contributed by atoms with E-state index in [1.165, 1.54) is 0 Å². The summed E-state index contributed by atoms with van der Waals surface area (Å²) in [6.45, 7) is 7.55. The number of hydrogen-bond donors (Lipinski definition) is 0. The van der Waals surface area contributed by atoms with Crippen LogP contribution in [0.25, 0.3) is 6.08 Å². The first kappa shape index (κ1) is 10.3. The normalized spacial score (nSPS) is 9.57. The van der Waals surface area contributed by atoms with Crippen molar-refractivity contribution in [1.29, 1.82) is 5.26 Å². The molecule has 14 heavy (non-hydrogen) atoms. The zero-order valence-electron chi connectivity index (χ0n) is 8.45. The highest BCUT2D eigenvalue weighted by Crippen LogP contribution is 2.25. The number of para-hydroxylation sites is 1. The second kappa shape index (κ2) is 4.48. The van der Waals surface area contributed by atoms with Gasteiger partial charge in [0.15, 0.2) is 0 Å². The van der Waals surface area contributed by atoms with Gasteiger partial charge in [-0.1, -0.05) is 24.8 Å². The zero-order valence-corrected chi connectivity index (χ0v) is 8.45. The second-order valence-electron chi connectivity index (χ2n) is 3.21. The minimum Gasteiger partial charge on any atom is -0.489 e. The minimum absolute atomic E-state index is 0.0585. The molecule has 0 radical (unpaired) electrons. The third kappa shape index (κ3) is 2.14. The molecule has 0 bridgehead atoms. The highest BCUT2D eigenvalue weighted by atomic mass is 16.5. The van der Waals surface area contributed by atoms with E-state index in [2.05, 4.69) is 12.6 Å². The van der Waals surface area contributed by atoms with Gasteiger partial charge in [-0.25, -0.2) is 0 Å². The fourth-order valence-corrected chi connectivity index (χ4v) is 1.17. The summed E-state index contributed by atoms with van der Waals surface area (Å²) in [5.41, 5.74) is 1.41. The maximum atomic E-state index is 8.89. The molecule has 0 fully saturated rings. The lowest BCUT2D eigenvalue weighted by Gasteiger charge is -2.13. The Kier molecular flexibility index (Phi) is 3.30. The molecule has 0 atom stereocenters. The Morgan fingerprint density at radius 3 is 2.71 bits per heavy atom. The van der Waals surface area contributed by atoms with Gasteiger partial charge in [-0.2, -0.15) is 5.26 Å². The average Bonchev–Trinajstić information content (AvgIpc) is 2.17. The Bertz CT molecular complexity index is 374. The Hall–Kier alpha value is -1.75. The van der Waals surface area contributed by atoms with Crippen molar-refractivity contribution in [3.63, 3.8) is 0 Å². The lowest BCUT2D eigenvalue weighted by Crippen LogP contribution is -2.07. The maximum Gasteiger partial charge on any atom is 0.144 e. The van der Waals surface area contributed by atoms with Crippen molar-refractivity contribution in [3.05, 3.63) is 35.9 Å². The third-order valence-electron chi connectivity index (χ3n) is 1.74. The summed E-state index contributed by atoms with van der Waals surface area (Å²) in [6.07, 6.45) is 1.75. The van der Waals surface area contributed by atoms with Gasteiger partial charge in [-0.05, 0) is 19.9 Å². The van der Waals surface area contributed by atoms with E-state index in [-0.39, 0.29) is 6.10 Å². The van der Waals surface area contributed by atoms with Crippen LogP contribution in [0.3, 0.4) is 0 Å². The zero-order chi connectivity index (χ0) is 10.6. The van der Waals surface area contributed by atoms with Crippen molar-refractivity contribution in [3.8, 4) is 11.8 Å². The summed E-state index contributed by atoms with van der Waals surface area (Å²) < 4.78 is 5.56. The molecule has 1 aromatic carbocycles. The quantitative estimate of drug-likeness (QED) is 0.728. The van der Waals surface area contributed by atoms with Crippen LogP contribution in [0.1, 0.15) is 25.0 Å². The van der Waals surface area contributed by atoms with Gasteiger partial charge < -0.3 is 4.74 Å². The predicted molar refractivity (Wildman–Crippen MR) is 57.0 cm³/mol. The first-order chi connectivity index (χ1) is 6.69. The predicted octanol–water partition coefficient (Wildman–Crippen LogP) is 2.99. The molecule has 0 aliphatic heterocycles. The summed E-state index contributed by atoms with van der Waals surface area (Å²) in [7, 11) is 0. The van der Waals surface area contributed by atoms with Crippen LogP contribution in [0.4, 0.5) is 0 Å². The molecule has 0 heterocycles. The standard InChI is InChI=1S/C12H13NO/c1-4-10-6-5-7-11(8-13)12(10)14-9(2)3/h4-7,9H,1H2,2-3H3. The fourth-order valence-electron chi connectivity index (χ4n) is 1.17. The Morgan fingerprint density at radius 1 is 1.50 bits per heavy atom. The number of hydrogen-bond acceptors (Lipinski definition) is 2. The second-order valence-corrected chi connectivity index (χ2v) is 3.21. The van der Waals surface area contributed by atoms with Gasteiger partial charge in [-0.15, -0.1) is 0 Å². The van der Waals surface area contributed by atoms with E-state index < -0.39 is 0 Å². The van der Waals surface area contributed by atoms with Crippen LogP contribution in [-0.2, 0) is 0 Å². The summed E-state index contributed by atoms with van der Waals surface area (Å²) >= 11 is 0. The van der Waals surface area contributed by atoms with Gasteiger partial charge in [0, 0.05) is 5.56 Å². The van der Waals surface area contributed by atoms with Crippen molar-refractivity contribution in [2.75, 3.05) is 0 Å². The molecule has 0 unspecified atom stereocenters. The van der Waals surface area contributed by atoms with E-state index in [0.29, 0.717) is 11.3 Å². The highest BCUT2D eigenvalue weighted by Gasteiger charge is 2.08. The minimum atomic E-state index is 0.0585. The smallest absolute Gasteiger partial charge is 0.144 e. The molecule has 2 nitrogen and oxygen atoms in total. The first-order valence-electron chi connectivity index (χ1n) is 4.51. The van der Waals surface area contributed by atoms with Crippen LogP contribution < -0.4 is 4.74 Å². The first-order valence-corrected chi connectivity index (χ1v) is 4.51. The number of ether oxygens (including phenoxy) is 1. The van der Waals surface area contributed by atoms with Gasteiger partial charge in [0.05, 0.1) is 11.7 Å². The van der Waals surface area contributed by atoms with E-state index in [1.54, 1.807) is 12.1 Å². The molecule has 0 amide bonds. The summed E-state index contributed by atoms with van der Waals surface area (Å²) in [5, 5.41) is 8.89. The Labute approximate surface area is 84.4 Å². The van der Waals surface area contributed by atoms with Crippen LogP contribution in [0.15, 0.2) is 24.8 Å². The van der Waals surface area contributed by atoms with Crippen molar-refractivity contribution >= 4 is 6.08 Å². The molecule has 0 N–H and O–H groups in total. The molecule has 1 aromatic rings. The molecule has 72 valence electrons. The van der Waals surface area contributed by atoms with E-state index >= 15 is 0 Å². The van der Waals surface area contributed by atoms with Crippen LogP contribution in [0.2, 0.25) is 0 Å². The SMILES string of the molecule is C=Cc1cccc(C#N)c1OC(C)C. The van der Waals surface area contributed by atoms with Crippen molar-refractivity contribution in [1.82, 2.24) is 0 Å². The number of nitriles is 1. The lowest BCUT2D eigenvalue weighted by atomic mass is 10.1. The largest absolute Gasteiger partial charge is 0.489 e. The lowest BCUT2D eigenvalue weighted by molar-refractivity contribution is 0.241. The summed E-state index contributed by atoms with van der Waals surface area (Å²) in [5.74, 6) is 0.625.